The van der Waals surface area contributed by atoms with Gasteiger partial charge in [0, 0.05) is 5.56 Å². The Morgan fingerprint density at radius 1 is 1.21 bits per heavy atom. The summed E-state index contributed by atoms with van der Waals surface area (Å²) < 4.78 is 0. The van der Waals surface area contributed by atoms with Crippen LogP contribution >= 0.6 is 0 Å². The van der Waals surface area contributed by atoms with Crippen molar-refractivity contribution in [3.05, 3.63) is 35.9 Å². The molecule has 1 aromatic carbocycles. The fraction of sp³-hybridized carbons (Fsp3) is 0.364. The maximum atomic E-state index is 11.5. The van der Waals surface area contributed by atoms with Crippen molar-refractivity contribution < 1.29 is 9.63 Å². The first-order valence-electron chi connectivity index (χ1n) is 4.52. The number of rotatable bonds is 2. The molecule has 0 saturated carbocycles. The van der Waals surface area contributed by atoms with E-state index in [2.05, 4.69) is 5.48 Å². The number of nitrogens with one attached hydrogen (secondary N) is 1. The number of hydrogen-bond donors (Lipinski definition) is 1. The molecule has 0 aliphatic rings. The van der Waals surface area contributed by atoms with Crippen LogP contribution in [0.25, 0.3) is 0 Å². The molecule has 14 heavy (non-hydrogen) atoms. The van der Waals surface area contributed by atoms with Crippen molar-refractivity contribution in [1.82, 2.24) is 5.48 Å². The Kier molecular flexibility index (Phi) is 3.25. The van der Waals surface area contributed by atoms with E-state index in [1.807, 2.05) is 39.0 Å². The molecule has 0 atom stereocenters. The summed E-state index contributed by atoms with van der Waals surface area (Å²) >= 11 is 0. The fourth-order valence-electron chi connectivity index (χ4n) is 0.848. The van der Waals surface area contributed by atoms with Crippen LogP contribution in [-0.2, 0) is 4.84 Å². The molecule has 0 spiro atoms. The van der Waals surface area contributed by atoms with E-state index in [1.165, 1.54) is 0 Å². The van der Waals surface area contributed by atoms with Gasteiger partial charge in [-0.2, -0.15) is 0 Å². The second-order valence-electron chi connectivity index (χ2n) is 4.01. The van der Waals surface area contributed by atoms with Gasteiger partial charge in [0.1, 0.15) is 0 Å². The van der Waals surface area contributed by atoms with Gasteiger partial charge in [-0.1, -0.05) is 18.2 Å². The van der Waals surface area contributed by atoms with Crippen molar-refractivity contribution in [3.8, 4) is 0 Å². The Morgan fingerprint density at radius 2 is 1.79 bits per heavy atom. The first-order valence-corrected chi connectivity index (χ1v) is 4.52. The minimum Gasteiger partial charge on any atom is -0.268 e. The number of carbonyl (C=O) groups is 1. The lowest BCUT2D eigenvalue weighted by Crippen LogP contribution is -2.33. The van der Waals surface area contributed by atoms with E-state index in [9.17, 15) is 4.79 Å². The third-order valence-electron chi connectivity index (χ3n) is 1.49. The Labute approximate surface area is 84.0 Å². The first-order chi connectivity index (χ1) is 6.49. The Bertz CT molecular complexity index is 301. The highest BCUT2D eigenvalue weighted by atomic mass is 16.7. The minimum atomic E-state index is -0.371. The van der Waals surface area contributed by atoms with Gasteiger partial charge >= 0.3 is 0 Å². The van der Waals surface area contributed by atoms with Gasteiger partial charge in [0.05, 0.1) is 5.60 Å². The van der Waals surface area contributed by atoms with Gasteiger partial charge in [0.25, 0.3) is 5.91 Å². The number of carbonyl (C=O) groups excluding carboxylic acids is 1. The number of amides is 1. The predicted molar refractivity (Wildman–Crippen MR) is 54.7 cm³/mol. The monoisotopic (exact) mass is 193 g/mol. The zero-order valence-electron chi connectivity index (χ0n) is 8.70. The van der Waals surface area contributed by atoms with Crippen LogP contribution in [0, 0.1) is 0 Å². The molecule has 0 radical (unpaired) electrons. The van der Waals surface area contributed by atoms with Gasteiger partial charge in [0.2, 0.25) is 0 Å². The second kappa shape index (κ2) is 4.24. The molecule has 0 aromatic heterocycles. The molecule has 0 heterocycles. The Balaban J connectivity index is 2.52. The lowest BCUT2D eigenvalue weighted by Gasteiger charge is -2.18. The zero-order valence-corrected chi connectivity index (χ0v) is 8.70. The number of benzene rings is 1. The summed E-state index contributed by atoms with van der Waals surface area (Å²) in [6.07, 6.45) is 0. The lowest BCUT2D eigenvalue weighted by molar-refractivity contribution is -0.0589. The van der Waals surface area contributed by atoms with Crippen LogP contribution < -0.4 is 5.48 Å². The molecule has 3 nitrogen and oxygen atoms in total. The molecule has 1 N–H and O–H groups in total. The quantitative estimate of drug-likeness (QED) is 0.731. The van der Waals surface area contributed by atoms with Crippen LogP contribution in [0.5, 0.6) is 0 Å². The smallest absolute Gasteiger partial charge is 0.268 e. The van der Waals surface area contributed by atoms with Gasteiger partial charge in [-0.25, -0.2) is 5.48 Å². The maximum Gasteiger partial charge on any atom is 0.274 e. The molecule has 3 heteroatoms. The molecule has 1 rings (SSSR count). The predicted octanol–water partition coefficient (Wildman–Crippen LogP) is 2.15. The highest BCUT2D eigenvalue weighted by molar-refractivity contribution is 5.93. The number of hydroxylamine groups is 1. The van der Waals surface area contributed by atoms with E-state index in [0.29, 0.717) is 5.56 Å². The van der Waals surface area contributed by atoms with Gasteiger partial charge in [-0.15, -0.1) is 0 Å². The Morgan fingerprint density at radius 3 is 2.29 bits per heavy atom. The molecule has 1 amide bonds. The van der Waals surface area contributed by atoms with Crippen LogP contribution in [0.15, 0.2) is 30.3 Å². The van der Waals surface area contributed by atoms with E-state index in [1.54, 1.807) is 12.1 Å². The third kappa shape index (κ3) is 3.58. The average molecular weight is 193 g/mol. The lowest BCUT2D eigenvalue weighted by atomic mass is 10.2. The molecule has 0 saturated heterocycles. The average Bonchev–Trinajstić information content (AvgIpc) is 2.14. The van der Waals surface area contributed by atoms with Gasteiger partial charge in [-0.3, -0.25) is 9.63 Å². The topological polar surface area (TPSA) is 38.3 Å². The summed E-state index contributed by atoms with van der Waals surface area (Å²) in [4.78, 5) is 16.6. The third-order valence-corrected chi connectivity index (χ3v) is 1.49. The minimum absolute atomic E-state index is 0.222. The van der Waals surface area contributed by atoms with Gasteiger partial charge < -0.3 is 0 Å². The van der Waals surface area contributed by atoms with Crippen molar-refractivity contribution >= 4 is 5.91 Å². The molecule has 0 bridgehead atoms. The largest absolute Gasteiger partial charge is 0.274 e. The maximum absolute atomic E-state index is 11.5. The van der Waals surface area contributed by atoms with Gasteiger partial charge in [-0.05, 0) is 32.9 Å². The second-order valence-corrected chi connectivity index (χ2v) is 4.01. The summed E-state index contributed by atoms with van der Waals surface area (Å²) in [6, 6.07) is 8.96. The van der Waals surface area contributed by atoms with Crippen LogP contribution in [0.2, 0.25) is 0 Å². The highest BCUT2D eigenvalue weighted by Gasteiger charge is 2.13. The van der Waals surface area contributed by atoms with Crippen LogP contribution in [0.1, 0.15) is 31.1 Å². The molecule has 0 unspecified atom stereocenters. The molecule has 1 aromatic rings. The van der Waals surface area contributed by atoms with Crippen molar-refractivity contribution in [2.45, 2.75) is 26.4 Å². The summed E-state index contributed by atoms with van der Waals surface area (Å²) in [5.41, 5.74) is 2.62. The van der Waals surface area contributed by atoms with Crippen LogP contribution in [0.4, 0.5) is 0 Å². The van der Waals surface area contributed by atoms with Crippen molar-refractivity contribution in [1.29, 1.82) is 0 Å². The fourth-order valence-corrected chi connectivity index (χ4v) is 0.848. The van der Waals surface area contributed by atoms with E-state index in [0.717, 1.165) is 0 Å². The van der Waals surface area contributed by atoms with E-state index in [-0.39, 0.29) is 11.5 Å². The van der Waals surface area contributed by atoms with Gasteiger partial charge in [0.15, 0.2) is 0 Å². The zero-order chi connectivity index (χ0) is 10.6. The van der Waals surface area contributed by atoms with Crippen molar-refractivity contribution in [2.24, 2.45) is 0 Å². The van der Waals surface area contributed by atoms with E-state index >= 15 is 0 Å². The molecule has 0 aliphatic carbocycles. The van der Waals surface area contributed by atoms with E-state index in [4.69, 9.17) is 4.84 Å². The van der Waals surface area contributed by atoms with Crippen molar-refractivity contribution in [2.75, 3.05) is 0 Å². The summed E-state index contributed by atoms with van der Waals surface area (Å²) in [5.74, 6) is -0.222. The molecule has 76 valence electrons. The van der Waals surface area contributed by atoms with Crippen molar-refractivity contribution in [3.63, 3.8) is 0 Å². The molecule has 0 aliphatic heterocycles. The normalized spacial score (nSPS) is 11.1. The van der Waals surface area contributed by atoms with Crippen LogP contribution in [-0.4, -0.2) is 11.5 Å². The molecule has 0 fully saturated rings. The summed E-state index contributed by atoms with van der Waals surface area (Å²) in [5, 5.41) is 0. The SMILES string of the molecule is CC(C)(C)ONC(=O)c1ccccc1. The Hall–Kier alpha value is -1.35. The summed E-state index contributed by atoms with van der Waals surface area (Å²) in [7, 11) is 0. The van der Waals surface area contributed by atoms with Crippen LogP contribution in [0.3, 0.4) is 0 Å². The van der Waals surface area contributed by atoms with E-state index < -0.39 is 0 Å². The first kappa shape index (κ1) is 10.7. The molecular formula is C11H15NO2. The summed E-state index contributed by atoms with van der Waals surface area (Å²) in [6.45, 7) is 5.62. The standard InChI is InChI=1S/C11H15NO2/c1-11(2,3)14-12-10(13)9-7-5-4-6-8-9/h4-8H,1-3H3,(H,12,13). The molecular weight excluding hydrogens is 178 g/mol. The number of hydrogen-bond acceptors (Lipinski definition) is 2. The highest BCUT2D eigenvalue weighted by Crippen LogP contribution is 2.05.